The van der Waals surface area contributed by atoms with Crippen LogP contribution >= 0.6 is 0 Å². The summed E-state index contributed by atoms with van der Waals surface area (Å²) in [5.41, 5.74) is 4.06. The summed E-state index contributed by atoms with van der Waals surface area (Å²) in [6.07, 6.45) is 0.665. The SMILES string of the molecule is CCc1ccccc1NC(=O)CC(C)NCC(O)c1ccc(C)cc1. The topological polar surface area (TPSA) is 61.4 Å². The maximum atomic E-state index is 12.2. The van der Waals surface area contributed by atoms with Gasteiger partial charge in [0.1, 0.15) is 0 Å². The third-order valence-electron chi connectivity index (χ3n) is 4.29. The van der Waals surface area contributed by atoms with Crippen LogP contribution in [0.1, 0.15) is 43.1 Å². The molecule has 0 spiro atoms. The van der Waals surface area contributed by atoms with E-state index in [0.717, 1.165) is 23.2 Å². The van der Waals surface area contributed by atoms with Gasteiger partial charge in [-0.25, -0.2) is 0 Å². The molecule has 0 aliphatic carbocycles. The summed E-state index contributed by atoms with van der Waals surface area (Å²) >= 11 is 0. The number of amides is 1. The quantitative estimate of drug-likeness (QED) is 0.688. The summed E-state index contributed by atoms with van der Waals surface area (Å²) < 4.78 is 0. The lowest BCUT2D eigenvalue weighted by Gasteiger charge is -2.18. The Morgan fingerprint density at radius 1 is 1.12 bits per heavy atom. The van der Waals surface area contributed by atoms with Crippen LogP contribution in [0.5, 0.6) is 0 Å². The lowest BCUT2D eigenvalue weighted by Crippen LogP contribution is -2.33. The normalized spacial score (nSPS) is 13.3. The van der Waals surface area contributed by atoms with E-state index in [4.69, 9.17) is 0 Å². The average molecular weight is 340 g/mol. The molecule has 0 aromatic heterocycles. The smallest absolute Gasteiger partial charge is 0.225 e. The van der Waals surface area contributed by atoms with E-state index in [1.807, 2.05) is 62.4 Å². The molecule has 0 fully saturated rings. The Morgan fingerprint density at radius 3 is 2.48 bits per heavy atom. The number of benzene rings is 2. The van der Waals surface area contributed by atoms with Crippen molar-refractivity contribution in [2.45, 2.75) is 45.8 Å². The van der Waals surface area contributed by atoms with Crippen LogP contribution in [0.3, 0.4) is 0 Å². The van der Waals surface area contributed by atoms with Crippen molar-refractivity contribution in [2.24, 2.45) is 0 Å². The molecule has 2 unspecified atom stereocenters. The molecule has 134 valence electrons. The number of hydrogen-bond acceptors (Lipinski definition) is 3. The van der Waals surface area contributed by atoms with Crippen molar-refractivity contribution in [3.63, 3.8) is 0 Å². The number of carbonyl (C=O) groups excluding carboxylic acids is 1. The highest BCUT2D eigenvalue weighted by Gasteiger charge is 2.13. The fourth-order valence-electron chi connectivity index (χ4n) is 2.72. The van der Waals surface area contributed by atoms with E-state index < -0.39 is 6.10 Å². The van der Waals surface area contributed by atoms with Gasteiger partial charge in [-0.15, -0.1) is 0 Å². The molecule has 0 saturated carbocycles. The zero-order chi connectivity index (χ0) is 18.2. The highest BCUT2D eigenvalue weighted by Crippen LogP contribution is 2.16. The van der Waals surface area contributed by atoms with Gasteiger partial charge in [-0.05, 0) is 37.5 Å². The zero-order valence-corrected chi connectivity index (χ0v) is 15.3. The zero-order valence-electron chi connectivity index (χ0n) is 15.3. The third kappa shape index (κ3) is 6.00. The van der Waals surface area contributed by atoms with Crippen molar-refractivity contribution in [2.75, 3.05) is 11.9 Å². The Hall–Kier alpha value is -2.17. The van der Waals surface area contributed by atoms with Gasteiger partial charge in [-0.1, -0.05) is 55.0 Å². The molecular formula is C21H28N2O2. The molecule has 4 nitrogen and oxygen atoms in total. The van der Waals surface area contributed by atoms with Crippen molar-refractivity contribution in [1.29, 1.82) is 0 Å². The minimum atomic E-state index is -0.577. The third-order valence-corrected chi connectivity index (χ3v) is 4.29. The van der Waals surface area contributed by atoms with E-state index in [1.54, 1.807) is 0 Å². The molecule has 1 amide bonds. The van der Waals surface area contributed by atoms with Gasteiger partial charge in [0.2, 0.25) is 5.91 Å². The molecule has 4 heteroatoms. The summed E-state index contributed by atoms with van der Waals surface area (Å²) in [6, 6.07) is 15.7. The van der Waals surface area contributed by atoms with Crippen LogP contribution in [0.4, 0.5) is 5.69 Å². The predicted octanol–water partition coefficient (Wildman–Crippen LogP) is 3.60. The first-order chi connectivity index (χ1) is 12.0. The number of aryl methyl sites for hydroxylation is 2. The van der Waals surface area contributed by atoms with Gasteiger partial charge in [0, 0.05) is 24.7 Å². The number of para-hydroxylation sites is 1. The van der Waals surface area contributed by atoms with Gasteiger partial charge >= 0.3 is 0 Å². The monoisotopic (exact) mass is 340 g/mol. The number of nitrogens with one attached hydrogen (secondary N) is 2. The van der Waals surface area contributed by atoms with Gasteiger partial charge in [-0.2, -0.15) is 0 Å². The second kappa shape index (κ2) is 9.35. The Labute approximate surface area is 150 Å². The average Bonchev–Trinajstić information content (AvgIpc) is 2.60. The van der Waals surface area contributed by atoms with E-state index in [2.05, 4.69) is 17.6 Å². The molecule has 0 heterocycles. The lowest BCUT2D eigenvalue weighted by atomic mass is 10.1. The van der Waals surface area contributed by atoms with Crippen molar-refractivity contribution in [3.8, 4) is 0 Å². The van der Waals surface area contributed by atoms with Gasteiger partial charge in [-0.3, -0.25) is 4.79 Å². The Morgan fingerprint density at radius 2 is 1.80 bits per heavy atom. The van der Waals surface area contributed by atoms with Crippen molar-refractivity contribution >= 4 is 11.6 Å². The number of rotatable bonds is 8. The summed E-state index contributed by atoms with van der Waals surface area (Å²) in [5, 5.41) is 16.4. The standard InChI is InChI=1S/C21H28N2O2/c1-4-17-7-5-6-8-19(17)23-21(25)13-16(3)22-14-20(24)18-11-9-15(2)10-12-18/h5-12,16,20,22,24H,4,13-14H2,1-3H3,(H,23,25). The molecule has 0 saturated heterocycles. The molecule has 2 atom stereocenters. The molecule has 2 aromatic carbocycles. The van der Waals surface area contributed by atoms with E-state index in [-0.39, 0.29) is 11.9 Å². The first kappa shape index (κ1) is 19.2. The van der Waals surface area contributed by atoms with E-state index in [1.165, 1.54) is 5.56 Å². The summed E-state index contributed by atoms with van der Waals surface area (Å²) in [7, 11) is 0. The minimum Gasteiger partial charge on any atom is -0.387 e. The number of anilines is 1. The number of hydrogen-bond donors (Lipinski definition) is 3. The van der Waals surface area contributed by atoms with Crippen LogP contribution in [0, 0.1) is 6.92 Å². The van der Waals surface area contributed by atoms with Crippen molar-refractivity contribution in [3.05, 3.63) is 65.2 Å². The lowest BCUT2D eigenvalue weighted by molar-refractivity contribution is -0.116. The Bertz CT molecular complexity index is 683. The van der Waals surface area contributed by atoms with Gasteiger partial charge in [0.05, 0.1) is 6.10 Å². The van der Waals surface area contributed by atoms with Gasteiger partial charge in [0.15, 0.2) is 0 Å². The molecule has 25 heavy (non-hydrogen) atoms. The van der Waals surface area contributed by atoms with Crippen LogP contribution < -0.4 is 10.6 Å². The molecular weight excluding hydrogens is 312 g/mol. The van der Waals surface area contributed by atoms with E-state index >= 15 is 0 Å². The second-order valence-corrected chi connectivity index (χ2v) is 6.50. The fraction of sp³-hybridized carbons (Fsp3) is 0.381. The Balaban J connectivity index is 1.80. The Kier molecular flexibility index (Phi) is 7.16. The van der Waals surface area contributed by atoms with E-state index in [9.17, 15) is 9.90 Å². The fourth-order valence-corrected chi connectivity index (χ4v) is 2.72. The first-order valence-corrected chi connectivity index (χ1v) is 8.85. The van der Waals surface area contributed by atoms with Crippen molar-refractivity contribution < 1.29 is 9.90 Å². The van der Waals surface area contributed by atoms with Gasteiger partial charge in [0.25, 0.3) is 0 Å². The number of carbonyl (C=O) groups is 1. The molecule has 0 bridgehead atoms. The molecule has 0 radical (unpaired) electrons. The molecule has 3 N–H and O–H groups in total. The number of aliphatic hydroxyl groups excluding tert-OH is 1. The highest BCUT2D eigenvalue weighted by molar-refractivity contribution is 5.91. The summed E-state index contributed by atoms with van der Waals surface area (Å²) in [6.45, 7) is 6.46. The molecule has 0 aliphatic heterocycles. The summed E-state index contributed by atoms with van der Waals surface area (Å²) in [4.78, 5) is 12.2. The van der Waals surface area contributed by atoms with Crippen LogP contribution in [-0.4, -0.2) is 23.6 Å². The second-order valence-electron chi connectivity index (χ2n) is 6.50. The predicted molar refractivity (Wildman–Crippen MR) is 103 cm³/mol. The summed E-state index contributed by atoms with van der Waals surface area (Å²) in [5.74, 6) is -0.0225. The maximum Gasteiger partial charge on any atom is 0.225 e. The maximum absolute atomic E-state index is 12.2. The molecule has 2 aromatic rings. The van der Waals surface area contributed by atoms with E-state index in [0.29, 0.717) is 13.0 Å². The number of aliphatic hydroxyl groups is 1. The van der Waals surface area contributed by atoms with Crippen LogP contribution in [0.2, 0.25) is 0 Å². The van der Waals surface area contributed by atoms with Gasteiger partial charge < -0.3 is 15.7 Å². The molecule has 0 aliphatic rings. The first-order valence-electron chi connectivity index (χ1n) is 8.85. The van der Waals surface area contributed by atoms with Crippen LogP contribution in [0.15, 0.2) is 48.5 Å². The highest BCUT2D eigenvalue weighted by atomic mass is 16.3. The largest absolute Gasteiger partial charge is 0.387 e. The van der Waals surface area contributed by atoms with Crippen LogP contribution in [0.25, 0.3) is 0 Å². The molecule has 2 rings (SSSR count). The van der Waals surface area contributed by atoms with Crippen molar-refractivity contribution in [1.82, 2.24) is 5.32 Å². The van der Waals surface area contributed by atoms with Crippen LogP contribution in [-0.2, 0) is 11.2 Å². The minimum absolute atomic E-state index is 0.0195.